The number of hydrogen-bond acceptors (Lipinski definition) is 4. The van der Waals surface area contributed by atoms with Crippen molar-refractivity contribution in [1.82, 2.24) is 4.98 Å². The van der Waals surface area contributed by atoms with Crippen molar-refractivity contribution < 1.29 is 14.6 Å². The fourth-order valence-electron chi connectivity index (χ4n) is 4.17. The third kappa shape index (κ3) is 3.62. The standard InChI is InChI=1S/C22H27FN2O3/c1-11(7-14-8-17(13(3)27)18(10-26)22(28)25-14)15-5-4-6-16-12(2)19(23)9-20(24)21(15)16/h8-9,13,26-27H,4-7,10,24H2,1-3H3,(H,25,28)/b15-11-. The second-order valence-corrected chi connectivity index (χ2v) is 7.61. The summed E-state index contributed by atoms with van der Waals surface area (Å²) in [7, 11) is 0. The van der Waals surface area contributed by atoms with Gasteiger partial charge in [-0.1, -0.05) is 5.57 Å². The van der Waals surface area contributed by atoms with Gasteiger partial charge >= 0.3 is 0 Å². The van der Waals surface area contributed by atoms with E-state index < -0.39 is 18.3 Å². The van der Waals surface area contributed by atoms with Crippen LogP contribution in [0.15, 0.2) is 22.5 Å². The number of aliphatic hydroxyl groups excluding tert-OH is 2. The Balaban J connectivity index is 2.08. The van der Waals surface area contributed by atoms with Crippen LogP contribution in [0.4, 0.5) is 10.1 Å². The summed E-state index contributed by atoms with van der Waals surface area (Å²) in [4.78, 5) is 15.1. The van der Waals surface area contributed by atoms with Crippen LogP contribution in [0, 0.1) is 12.7 Å². The number of nitrogen functional groups attached to an aromatic ring is 1. The zero-order valence-electron chi connectivity index (χ0n) is 16.5. The van der Waals surface area contributed by atoms with Gasteiger partial charge in [0.15, 0.2) is 0 Å². The average Bonchev–Trinajstić information content (AvgIpc) is 2.65. The Bertz CT molecular complexity index is 1010. The van der Waals surface area contributed by atoms with Crippen molar-refractivity contribution in [2.45, 2.75) is 59.2 Å². The molecule has 1 heterocycles. The monoisotopic (exact) mass is 386 g/mol. The SMILES string of the molecule is C/C(Cc1cc(C(C)O)c(CO)c(=O)[nH]1)=C1\CCCc2c(C)c(F)cc(N)c21. The molecule has 0 saturated carbocycles. The lowest BCUT2D eigenvalue weighted by Crippen LogP contribution is -2.19. The molecule has 1 aliphatic rings. The van der Waals surface area contributed by atoms with Crippen LogP contribution in [0.1, 0.15) is 66.3 Å². The lowest BCUT2D eigenvalue weighted by molar-refractivity contribution is 0.192. The third-order valence-corrected chi connectivity index (χ3v) is 5.64. The molecule has 0 radical (unpaired) electrons. The number of anilines is 1. The summed E-state index contributed by atoms with van der Waals surface area (Å²) >= 11 is 0. The average molecular weight is 386 g/mol. The Labute approximate surface area is 163 Å². The molecule has 1 aromatic heterocycles. The van der Waals surface area contributed by atoms with Crippen LogP contribution in [0.5, 0.6) is 0 Å². The molecule has 0 fully saturated rings. The normalized spacial score (nSPS) is 16.6. The lowest BCUT2D eigenvalue weighted by atomic mass is 9.81. The van der Waals surface area contributed by atoms with Gasteiger partial charge in [0.25, 0.3) is 5.56 Å². The van der Waals surface area contributed by atoms with Gasteiger partial charge in [0.2, 0.25) is 0 Å². The quantitative estimate of drug-likeness (QED) is 0.606. The molecular weight excluding hydrogens is 359 g/mol. The van der Waals surface area contributed by atoms with Gasteiger partial charge in [-0.3, -0.25) is 4.79 Å². The number of rotatable bonds is 4. The molecule has 0 amide bonds. The Morgan fingerprint density at radius 3 is 2.71 bits per heavy atom. The molecule has 0 aliphatic heterocycles. The first-order chi connectivity index (χ1) is 13.2. The maximum Gasteiger partial charge on any atom is 0.254 e. The van der Waals surface area contributed by atoms with Crippen LogP contribution in [-0.4, -0.2) is 15.2 Å². The third-order valence-electron chi connectivity index (χ3n) is 5.64. The van der Waals surface area contributed by atoms with Crippen molar-refractivity contribution >= 4 is 11.3 Å². The van der Waals surface area contributed by atoms with E-state index in [1.165, 1.54) is 6.07 Å². The molecular formula is C22H27FN2O3. The van der Waals surface area contributed by atoms with E-state index in [-0.39, 0.29) is 11.4 Å². The van der Waals surface area contributed by atoms with Gasteiger partial charge in [-0.05, 0) is 74.4 Å². The molecule has 3 rings (SSSR count). The number of nitrogens with two attached hydrogens (primary N) is 1. The highest BCUT2D eigenvalue weighted by atomic mass is 19.1. The molecule has 150 valence electrons. The highest BCUT2D eigenvalue weighted by Gasteiger charge is 2.23. The summed E-state index contributed by atoms with van der Waals surface area (Å²) in [5.74, 6) is -0.277. The number of benzene rings is 1. The number of fused-ring (bicyclic) bond motifs is 1. The van der Waals surface area contributed by atoms with Gasteiger partial charge in [0.05, 0.1) is 12.7 Å². The zero-order valence-corrected chi connectivity index (χ0v) is 16.5. The number of H-pyrrole nitrogens is 1. The van der Waals surface area contributed by atoms with Gasteiger partial charge in [0.1, 0.15) is 5.82 Å². The van der Waals surface area contributed by atoms with E-state index in [2.05, 4.69) is 4.98 Å². The lowest BCUT2D eigenvalue weighted by Gasteiger charge is -2.25. The van der Waals surface area contributed by atoms with Gasteiger partial charge in [-0.2, -0.15) is 0 Å². The summed E-state index contributed by atoms with van der Waals surface area (Å²) in [6.45, 7) is 4.91. The first-order valence-corrected chi connectivity index (χ1v) is 9.54. The van der Waals surface area contributed by atoms with E-state index in [1.807, 2.05) is 6.92 Å². The minimum absolute atomic E-state index is 0.183. The van der Waals surface area contributed by atoms with E-state index in [9.17, 15) is 19.4 Å². The van der Waals surface area contributed by atoms with E-state index in [0.717, 1.165) is 41.5 Å². The number of hydrogen-bond donors (Lipinski definition) is 4. The number of halogens is 1. The minimum atomic E-state index is -0.854. The molecule has 6 heteroatoms. The molecule has 0 bridgehead atoms. The first kappa shape index (κ1) is 20.3. The molecule has 28 heavy (non-hydrogen) atoms. The molecule has 1 aliphatic carbocycles. The zero-order chi connectivity index (χ0) is 20.6. The Morgan fingerprint density at radius 2 is 2.07 bits per heavy atom. The number of aromatic amines is 1. The van der Waals surface area contributed by atoms with Crippen LogP contribution in [0.2, 0.25) is 0 Å². The summed E-state index contributed by atoms with van der Waals surface area (Å²) in [6.07, 6.45) is 2.19. The van der Waals surface area contributed by atoms with Crippen LogP contribution in [-0.2, 0) is 19.4 Å². The number of aromatic nitrogens is 1. The van der Waals surface area contributed by atoms with E-state index in [1.54, 1.807) is 19.9 Å². The molecule has 0 spiro atoms. The second-order valence-electron chi connectivity index (χ2n) is 7.61. The fourth-order valence-corrected chi connectivity index (χ4v) is 4.17. The number of pyridine rings is 1. The van der Waals surface area contributed by atoms with Crippen LogP contribution in [0.3, 0.4) is 0 Å². The predicted octanol–water partition coefficient (Wildman–Crippen LogP) is 3.30. The molecule has 5 nitrogen and oxygen atoms in total. The first-order valence-electron chi connectivity index (χ1n) is 9.54. The number of aliphatic hydroxyl groups is 2. The van der Waals surface area contributed by atoms with Crippen molar-refractivity contribution in [2.24, 2.45) is 0 Å². The Hall–Kier alpha value is -2.44. The van der Waals surface area contributed by atoms with Gasteiger partial charge in [0, 0.05) is 28.9 Å². The number of allylic oxidation sites excluding steroid dienone is 2. The Kier molecular flexibility index (Phi) is 5.72. The van der Waals surface area contributed by atoms with Gasteiger partial charge < -0.3 is 20.9 Å². The largest absolute Gasteiger partial charge is 0.398 e. The molecule has 2 aromatic rings. The topological polar surface area (TPSA) is 99.3 Å². The van der Waals surface area contributed by atoms with E-state index >= 15 is 0 Å². The molecule has 1 atom stereocenters. The summed E-state index contributed by atoms with van der Waals surface area (Å²) in [5, 5.41) is 19.4. The molecule has 1 aromatic carbocycles. The van der Waals surface area contributed by atoms with Crippen molar-refractivity contribution in [3.05, 3.63) is 67.4 Å². The highest BCUT2D eigenvalue weighted by molar-refractivity contribution is 5.81. The highest BCUT2D eigenvalue weighted by Crippen LogP contribution is 2.39. The van der Waals surface area contributed by atoms with Crippen LogP contribution >= 0.6 is 0 Å². The predicted molar refractivity (Wildman–Crippen MR) is 108 cm³/mol. The molecule has 1 unspecified atom stereocenters. The summed E-state index contributed by atoms with van der Waals surface area (Å²) in [6, 6.07) is 3.11. The molecule has 0 saturated heterocycles. The van der Waals surface area contributed by atoms with Crippen molar-refractivity contribution in [3.8, 4) is 0 Å². The smallest absolute Gasteiger partial charge is 0.254 e. The Morgan fingerprint density at radius 1 is 1.36 bits per heavy atom. The second kappa shape index (κ2) is 7.89. The van der Waals surface area contributed by atoms with E-state index in [0.29, 0.717) is 28.9 Å². The summed E-state index contributed by atoms with van der Waals surface area (Å²) < 4.78 is 14.1. The van der Waals surface area contributed by atoms with Gasteiger partial charge in [-0.15, -0.1) is 0 Å². The maximum atomic E-state index is 14.1. The number of nitrogens with one attached hydrogen (secondary N) is 1. The molecule has 5 N–H and O–H groups in total. The van der Waals surface area contributed by atoms with E-state index in [4.69, 9.17) is 5.73 Å². The van der Waals surface area contributed by atoms with Crippen molar-refractivity contribution in [1.29, 1.82) is 0 Å². The maximum absolute atomic E-state index is 14.1. The minimum Gasteiger partial charge on any atom is -0.398 e. The van der Waals surface area contributed by atoms with Crippen molar-refractivity contribution in [3.63, 3.8) is 0 Å². The van der Waals surface area contributed by atoms with Gasteiger partial charge in [-0.25, -0.2) is 4.39 Å². The summed E-state index contributed by atoms with van der Waals surface area (Å²) in [5.41, 5.74) is 12.2. The fraction of sp³-hybridized carbons (Fsp3) is 0.409. The van der Waals surface area contributed by atoms with Crippen LogP contribution in [0.25, 0.3) is 5.57 Å². The van der Waals surface area contributed by atoms with Crippen LogP contribution < -0.4 is 11.3 Å². The van der Waals surface area contributed by atoms with Crippen molar-refractivity contribution in [2.75, 3.05) is 5.73 Å².